The van der Waals surface area contributed by atoms with Crippen LogP contribution in [0.25, 0.3) is 0 Å². The largest absolute Gasteiger partial charge is 0.492 e. The molecule has 0 saturated carbocycles. The standard InChI is InChI=1S/C12H12N2O3S/c1-8-11(18-7-14-8)4-5-17-9-2-3-10(12(15)16)13-6-9/h2-3,6-7H,4-5H2,1H3,(H,15,16). The van der Waals surface area contributed by atoms with Gasteiger partial charge in [0.05, 0.1) is 24.0 Å². The van der Waals surface area contributed by atoms with Crippen molar-refractivity contribution in [1.29, 1.82) is 0 Å². The average molecular weight is 264 g/mol. The molecule has 0 amide bonds. The van der Waals surface area contributed by atoms with E-state index in [-0.39, 0.29) is 5.69 Å². The van der Waals surface area contributed by atoms with Crippen molar-refractivity contribution in [3.8, 4) is 5.75 Å². The Balaban J connectivity index is 1.87. The molecule has 2 aromatic rings. The molecule has 2 heterocycles. The number of aryl methyl sites for hydroxylation is 1. The molecule has 0 saturated heterocycles. The van der Waals surface area contributed by atoms with E-state index in [1.807, 2.05) is 12.4 Å². The third-order valence-corrected chi connectivity index (χ3v) is 3.39. The molecule has 2 aromatic heterocycles. The van der Waals surface area contributed by atoms with Gasteiger partial charge in [0.1, 0.15) is 11.4 Å². The lowest BCUT2D eigenvalue weighted by molar-refractivity contribution is 0.0690. The Morgan fingerprint density at radius 3 is 2.83 bits per heavy atom. The summed E-state index contributed by atoms with van der Waals surface area (Å²) in [7, 11) is 0. The maximum Gasteiger partial charge on any atom is 0.354 e. The van der Waals surface area contributed by atoms with Crippen LogP contribution in [0.3, 0.4) is 0 Å². The van der Waals surface area contributed by atoms with Crippen molar-refractivity contribution < 1.29 is 14.6 Å². The molecule has 94 valence electrons. The van der Waals surface area contributed by atoms with E-state index in [1.165, 1.54) is 17.1 Å². The van der Waals surface area contributed by atoms with Crippen molar-refractivity contribution in [2.75, 3.05) is 6.61 Å². The van der Waals surface area contributed by atoms with Gasteiger partial charge in [-0.3, -0.25) is 0 Å². The van der Waals surface area contributed by atoms with Gasteiger partial charge < -0.3 is 9.84 Å². The lowest BCUT2D eigenvalue weighted by atomic mass is 10.3. The highest BCUT2D eigenvalue weighted by Crippen LogP contribution is 2.14. The summed E-state index contributed by atoms with van der Waals surface area (Å²) in [6, 6.07) is 3.03. The number of thiazole rings is 1. The maximum absolute atomic E-state index is 10.6. The summed E-state index contributed by atoms with van der Waals surface area (Å²) in [4.78, 5) is 19.7. The fourth-order valence-electron chi connectivity index (χ4n) is 1.42. The number of ether oxygens (including phenoxy) is 1. The van der Waals surface area contributed by atoms with Gasteiger partial charge >= 0.3 is 5.97 Å². The van der Waals surface area contributed by atoms with Crippen molar-refractivity contribution in [3.05, 3.63) is 40.1 Å². The first kappa shape index (κ1) is 12.5. The van der Waals surface area contributed by atoms with Gasteiger partial charge in [0.15, 0.2) is 0 Å². The lowest BCUT2D eigenvalue weighted by Crippen LogP contribution is -2.03. The molecule has 0 atom stereocenters. The molecule has 0 radical (unpaired) electrons. The Bertz CT molecular complexity index is 537. The predicted octanol–water partition coefficient (Wildman–Crippen LogP) is 2.17. The molecule has 0 aliphatic carbocycles. The Kier molecular flexibility index (Phi) is 3.88. The zero-order valence-electron chi connectivity index (χ0n) is 9.79. The molecule has 1 N–H and O–H groups in total. The second kappa shape index (κ2) is 5.59. The molecule has 0 aliphatic heterocycles. The number of aromatic nitrogens is 2. The van der Waals surface area contributed by atoms with Crippen LogP contribution in [0.2, 0.25) is 0 Å². The van der Waals surface area contributed by atoms with Crippen molar-refractivity contribution in [2.24, 2.45) is 0 Å². The number of carboxylic acid groups (broad SMARTS) is 1. The minimum absolute atomic E-state index is 0.0145. The maximum atomic E-state index is 10.6. The van der Waals surface area contributed by atoms with Gasteiger partial charge in [-0.15, -0.1) is 11.3 Å². The summed E-state index contributed by atoms with van der Waals surface area (Å²) in [5, 5.41) is 8.70. The van der Waals surface area contributed by atoms with Crippen molar-refractivity contribution in [2.45, 2.75) is 13.3 Å². The van der Waals surface area contributed by atoms with Crippen molar-refractivity contribution >= 4 is 17.3 Å². The van der Waals surface area contributed by atoms with Gasteiger partial charge in [0.25, 0.3) is 0 Å². The molecule has 0 aliphatic rings. The highest BCUT2D eigenvalue weighted by atomic mass is 32.1. The molecule has 0 unspecified atom stereocenters. The van der Waals surface area contributed by atoms with E-state index in [1.54, 1.807) is 17.4 Å². The highest BCUT2D eigenvalue weighted by molar-refractivity contribution is 7.09. The zero-order chi connectivity index (χ0) is 13.0. The smallest absolute Gasteiger partial charge is 0.354 e. The van der Waals surface area contributed by atoms with E-state index in [9.17, 15) is 4.79 Å². The second-order valence-electron chi connectivity index (χ2n) is 3.64. The Morgan fingerprint density at radius 1 is 1.44 bits per heavy atom. The van der Waals surface area contributed by atoms with Crippen LogP contribution in [0, 0.1) is 6.92 Å². The van der Waals surface area contributed by atoms with Crippen LogP contribution >= 0.6 is 11.3 Å². The molecule has 5 nitrogen and oxygen atoms in total. The summed E-state index contributed by atoms with van der Waals surface area (Å²) < 4.78 is 5.49. The fourth-order valence-corrected chi connectivity index (χ4v) is 2.18. The lowest BCUT2D eigenvalue weighted by Gasteiger charge is -2.05. The van der Waals surface area contributed by atoms with Crippen LogP contribution in [0.1, 0.15) is 21.1 Å². The van der Waals surface area contributed by atoms with Gasteiger partial charge in [0.2, 0.25) is 0 Å². The predicted molar refractivity (Wildman–Crippen MR) is 67.2 cm³/mol. The summed E-state index contributed by atoms with van der Waals surface area (Å²) in [5.74, 6) is -0.469. The van der Waals surface area contributed by atoms with Crippen LogP contribution in [-0.2, 0) is 6.42 Å². The van der Waals surface area contributed by atoms with E-state index in [4.69, 9.17) is 9.84 Å². The number of nitrogens with zero attached hydrogens (tertiary/aromatic N) is 2. The van der Waals surface area contributed by atoms with E-state index < -0.39 is 5.97 Å². The van der Waals surface area contributed by atoms with Crippen molar-refractivity contribution in [3.63, 3.8) is 0 Å². The zero-order valence-corrected chi connectivity index (χ0v) is 10.6. The van der Waals surface area contributed by atoms with Crippen LogP contribution < -0.4 is 4.74 Å². The van der Waals surface area contributed by atoms with Gasteiger partial charge in [-0.2, -0.15) is 0 Å². The molecular weight excluding hydrogens is 252 g/mol. The number of carboxylic acids is 1. The fraction of sp³-hybridized carbons (Fsp3) is 0.250. The van der Waals surface area contributed by atoms with Crippen LogP contribution in [0.4, 0.5) is 0 Å². The Labute approximate surface area is 108 Å². The molecule has 0 aromatic carbocycles. The van der Waals surface area contributed by atoms with Crippen LogP contribution in [0.15, 0.2) is 23.8 Å². The van der Waals surface area contributed by atoms with Gasteiger partial charge in [-0.25, -0.2) is 14.8 Å². The second-order valence-corrected chi connectivity index (χ2v) is 4.58. The quantitative estimate of drug-likeness (QED) is 0.896. The molecule has 0 spiro atoms. The number of hydrogen-bond donors (Lipinski definition) is 1. The Hall–Kier alpha value is -1.95. The van der Waals surface area contributed by atoms with Gasteiger partial charge in [-0.1, -0.05) is 0 Å². The average Bonchev–Trinajstić information content (AvgIpc) is 2.76. The number of pyridine rings is 1. The first-order chi connectivity index (χ1) is 8.66. The summed E-state index contributed by atoms with van der Waals surface area (Å²) in [5.41, 5.74) is 2.86. The number of aromatic carboxylic acids is 1. The summed E-state index contributed by atoms with van der Waals surface area (Å²) >= 11 is 1.61. The molecule has 2 rings (SSSR count). The number of carbonyl (C=O) groups is 1. The van der Waals surface area contributed by atoms with Gasteiger partial charge in [-0.05, 0) is 19.1 Å². The number of hydrogen-bond acceptors (Lipinski definition) is 5. The molecule has 18 heavy (non-hydrogen) atoms. The van der Waals surface area contributed by atoms with Crippen LogP contribution in [0.5, 0.6) is 5.75 Å². The molecule has 6 heteroatoms. The monoisotopic (exact) mass is 264 g/mol. The number of rotatable bonds is 5. The third-order valence-electron chi connectivity index (χ3n) is 2.40. The summed E-state index contributed by atoms with van der Waals surface area (Å²) in [6.45, 7) is 2.49. The third kappa shape index (κ3) is 3.04. The first-order valence-electron chi connectivity index (χ1n) is 5.38. The first-order valence-corrected chi connectivity index (χ1v) is 6.26. The molecular formula is C12H12N2O3S. The molecule has 0 bridgehead atoms. The van der Waals surface area contributed by atoms with Gasteiger partial charge in [0, 0.05) is 11.3 Å². The minimum Gasteiger partial charge on any atom is -0.492 e. The van der Waals surface area contributed by atoms with E-state index in [2.05, 4.69) is 9.97 Å². The summed E-state index contributed by atoms with van der Waals surface area (Å²) in [6.07, 6.45) is 2.21. The van der Waals surface area contributed by atoms with E-state index >= 15 is 0 Å². The highest BCUT2D eigenvalue weighted by Gasteiger charge is 2.05. The molecule has 0 fully saturated rings. The van der Waals surface area contributed by atoms with E-state index in [0.717, 1.165) is 12.1 Å². The Morgan fingerprint density at radius 2 is 2.28 bits per heavy atom. The van der Waals surface area contributed by atoms with Crippen LogP contribution in [-0.4, -0.2) is 27.7 Å². The topological polar surface area (TPSA) is 72.3 Å². The van der Waals surface area contributed by atoms with Crippen molar-refractivity contribution in [1.82, 2.24) is 9.97 Å². The minimum atomic E-state index is -1.04. The van der Waals surface area contributed by atoms with E-state index in [0.29, 0.717) is 12.4 Å². The SMILES string of the molecule is Cc1ncsc1CCOc1ccc(C(=O)O)nc1. The normalized spacial score (nSPS) is 10.3.